The van der Waals surface area contributed by atoms with Crippen LogP contribution in [0.2, 0.25) is 5.02 Å². The highest BCUT2D eigenvalue weighted by molar-refractivity contribution is 7.89. The lowest BCUT2D eigenvalue weighted by molar-refractivity contribution is -0.133. The summed E-state index contributed by atoms with van der Waals surface area (Å²) in [5.41, 5.74) is 0.106. The Bertz CT molecular complexity index is 829. The van der Waals surface area contributed by atoms with E-state index in [4.69, 9.17) is 11.6 Å². The number of sulfonamides is 1. The number of nitrogens with one attached hydrogen (secondary N) is 1. The molecular weight excluding hydrogens is 406 g/mol. The molecule has 1 unspecified atom stereocenters. The van der Waals surface area contributed by atoms with Crippen LogP contribution in [0.3, 0.4) is 0 Å². The number of halogens is 1. The van der Waals surface area contributed by atoms with Gasteiger partial charge in [0.05, 0.1) is 23.7 Å². The van der Waals surface area contributed by atoms with Gasteiger partial charge in [-0.05, 0) is 44.0 Å². The third kappa shape index (κ3) is 5.44. The zero-order valence-corrected chi connectivity index (χ0v) is 17.8. The fourth-order valence-electron chi connectivity index (χ4n) is 3.19. The molecule has 1 aromatic rings. The summed E-state index contributed by atoms with van der Waals surface area (Å²) in [6.07, 6.45) is 2.31. The zero-order chi connectivity index (χ0) is 20.9. The third-order valence-corrected chi connectivity index (χ3v) is 6.59. The van der Waals surface area contributed by atoms with Crippen LogP contribution in [0, 0.1) is 0 Å². The SMILES string of the molecule is COC(=O)c1ccc(Cl)c(S(=O)(=O)NCCCN2CCCC2C(=O)N(C)C)c1. The Labute approximate surface area is 170 Å². The number of carbonyl (C=O) groups is 2. The minimum atomic E-state index is -3.88. The average Bonchev–Trinajstić information content (AvgIpc) is 3.12. The van der Waals surface area contributed by atoms with Crippen LogP contribution < -0.4 is 4.72 Å². The number of rotatable bonds is 8. The fourth-order valence-corrected chi connectivity index (χ4v) is 4.79. The number of benzene rings is 1. The van der Waals surface area contributed by atoms with Gasteiger partial charge in [0, 0.05) is 27.2 Å². The van der Waals surface area contributed by atoms with E-state index in [1.165, 1.54) is 25.3 Å². The first kappa shape index (κ1) is 22.6. The van der Waals surface area contributed by atoms with E-state index in [0.717, 1.165) is 19.4 Å². The molecule has 156 valence electrons. The number of methoxy groups -OCH3 is 1. The molecule has 1 atom stereocenters. The number of hydrogen-bond donors (Lipinski definition) is 1. The number of hydrogen-bond acceptors (Lipinski definition) is 6. The average molecular weight is 432 g/mol. The number of carbonyl (C=O) groups excluding carboxylic acids is 2. The number of ether oxygens (including phenoxy) is 1. The van der Waals surface area contributed by atoms with Crippen LogP contribution >= 0.6 is 11.6 Å². The maximum absolute atomic E-state index is 12.6. The predicted molar refractivity (Wildman–Crippen MR) is 106 cm³/mol. The Morgan fingerprint density at radius 2 is 2.07 bits per heavy atom. The summed E-state index contributed by atoms with van der Waals surface area (Å²) in [6, 6.07) is 3.81. The van der Waals surface area contributed by atoms with Gasteiger partial charge in [-0.1, -0.05) is 11.6 Å². The second-order valence-electron chi connectivity index (χ2n) is 6.81. The van der Waals surface area contributed by atoms with Crippen LogP contribution in [0.4, 0.5) is 0 Å². The van der Waals surface area contributed by atoms with Gasteiger partial charge in [-0.2, -0.15) is 0 Å². The summed E-state index contributed by atoms with van der Waals surface area (Å²) in [7, 11) is 0.811. The van der Waals surface area contributed by atoms with Crippen molar-refractivity contribution in [1.29, 1.82) is 0 Å². The van der Waals surface area contributed by atoms with Crippen molar-refractivity contribution in [2.45, 2.75) is 30.2 Å². The molecule has 1 aromatic carbocycles. The molecule has 8 nitrogen and oxygen atoms in total. The number of nitrogens with zero attached hydrogens (tertiary/aromatic N) is 2. The lowest BCUT2D eigenvalue weighted by atomic mass is 10.2. The van der Waals surface area contributed by atoms with Crippen LogP contribution in [-0.2, 0) is 19.6 Å². The molecule has 10 heteroatoms. The Hall–Kier alpha value is -1.68. The first-order valence-corrected chi connectivity index (χ1v) is 10.9. The largest absolute Gasteiger partial charge is 0.465 e. The highest BCUT2D eigenvalue weighted by Crippen LogP contribution is 2.23. The van der Waals surface area contributed by atoms with Gasteiger partial charge >= 0.3 is 5.97 Å². The van der Waals surface area contributed by atoms with E-state index in [1.54, 1.807) is 19.0 Å². The molecule has 1 aliphatic heterocycles. The highest BCUT2D eigenvalue weighted by atomic mass is 35.5. The van der Waals surface area contributed by atoms with Gasteiger partial charge in [0.25, 0.3) is 0 Å². The van der Waals surface area contributed by atoms with E-state index in [1.807, 2.05) is 0 Å². The Kier molecular flexibility index (Phi) is 7.82. The number of amides is 1. The normalized spacial score (nSPS) is 17.5. The Morgan fingerprint density at radius 3 is 2.71 bits per heavy atom. The van der Waals surface area contributed by atoms with E-state index in [-0.39, 0.29) is 34.0 Å². The Balaban J connectivity index is 1.95. The van der Waals surface area contributed by atoms with E-state index in [9.17, 15) is 18.0 Å². The molecule has 1 saturated heterocycles. The van der Waals surface area contributed by atoms with Crippen molar-refractivity contribution in [2.75, 3.05) is 40.8 Å². The van der Waals surface area contributed by atoms with Crippen LogP contribution in [0.15, 0.2) is 23.1 Å². The first-order chi connectivity index (χ1) is 13.2. The summed E-state index contributed by atoms with van der Waals surface area (Å²) in [4.78, 5) is 27.3. The standard InChI is InChI=1S/C18H26ClN3O5S/c1-21(2)17(23)15-6-4-10-22(15)11-5-9-20-28(25,26)16-12-13(18(24)27-3)7-8-14(16)19/h7-8,12,15,20H,4-6,9-11H2,1-3H3. The summed E-state index contributed by atoms with van der Waals surface area (Å²) >= 11 is 6.01. The monoisotopic (exact) mass is 431 g/mol. The number of likely N-dealkylation sites (tertiary alicyclic amines) is 1. The van der Waals surface area contributed by atoms with E-state index in [0.29, 0.717) is 13.0 Å². The number of likely N-dealkylation sites (N-methyl/N-ethyl adjacent to an activating group) is 1. The zero-order valence-electron chi connectivity index (χ0n) is 16.3. The molecule has 2 rings (SSSR count). The van der Waals surface area contributed by atoms with Crippen LogP contribution in [0.1, 0.15) is 29.6 Å². The molecule has 1 heterocycles. The maximum Gasteiger partial charge on any atom is 0.337 e. The second-order valence-corrected chi connectivity index (χ2v) is 8.96. The topological polar surface area (TPSA) is 96.0 Å². The van der Waals surface area contributed by atoms with Gasteiger partial charge in [-0.25, -0.2) is 17.9 Å². The lowest BCUT2D eigenvalue weighted by Crippen LogP contribution is -2.43. The van der Waals surface area contributed by atoms with Gasteiger partial charge in [-0.3, -0.25) is 9.69 Å². The molecule has 28 heavy (non-hydrogen) atoms. The van der Waals surface area contributed by atoms with Gasteiger partial charge in [0.2, 0.25) is 15.9 Å². The molecular formula is C18H26ClN3O5S. The highest BCUT2D eigenvalue weighted by Gasteiger charge is 2.31. The summed E-state index contributed by atoms with van der Waals surface area (Å²) in [5.74, 6) is -0.566. The number of esters is 1. The van der Waals surface area contributed by atoms with Crippen molar-refractivity contribution >= 4 is 33.5 Å². The van der Waals surface area contributed by atoms with Crippen LogP contribution in [0.25, 0.3) is 0 Å². The van der Waals surface area contributed by atoms with Gasteiger partial charge in [0.1, 0.15) is 4.90 Å². The summed E-state index contributed by atoms with van der Waals surface area (Å²) in [5, 5.41) is 0.0244. The van der Waals surface area contributed by atoms with Crippen LogP contribution in [-0.4, -0.2) is 77.0 Å². The Morgan fingerprint density at radius 1 is 1.36 bits per heavy atom. The van der Waals surface area contributed by atoms with E-state index < -0.39 is 16.0 Å². The molecule has 0 aliphatic carbocycles. The molecule has 1 aliphatic rings. The predicted octanol–water partition coefficient (Wildman–Crippen LogP) is 1.35. The van der Waals surface area contributed by atoms with Gasteiger partial charge in [0.15, 0.2) is 0 Å². The van der Waals surface area contributed by atoms with Crippen molar-refractivity contribution in [1.82, 2.24) is 14.5 Å². The minimum Gasteiger partial charge on any atom is -0.465 e. The van der Waals surface area contributed by atoms with E-state index in [2.05, 4.69) is 14.4 Å². The summed E-state index contributed by atoms with van der Waals surface area (Å²) < 4.78 is 32.2. The molecule has 0 radical (unpaired) electrons. The fraction of sp³-hybridized carbons (Fsp3) is 0.556. The molecule has 0 aromatic heterocycles. The van der Waals surface area contributed by atoms with Gasteiger partial charge < -0.3 is 9.64 Å². The maximum atomic E-state index is 12.6. The van der Waals surface area contributed by atoms with E-state index >= 15 is 0 Å². The van der Waals surface area contributed by atoms with Crippen molar-refractivity contribution in [2.24, 2.45) is 0 Å². The molecule has 1 N–H and O–H groups in total. The van der Waals surface area contributed by atoms with Gasteiger partial charge in [-0.15, -0.1) is 0 Å². The molecule has 1 fully saturated rings. The lowest BCUT2D eigenvalue weighted by Gasteiger charge is -2.26. The van der Waals surface area contributed by atoms with Crippen molar-refractivity contribution in [3.63, 3.8) is 0 Å². The quantitative estimate of drug-likeness (QED) is 0.493. The van der Waals surface area contributed by atoms with Crippen LogP contribution in [0.5, 0.6) is 0 Å². The minimum absolute atomic E-state index is 0.0244. The molecule has 0 spiro atoms. The smallest absolute Gasteiger partial charge is 0.337 e. The third-order valence-electron chi connectivity index (χ3n) is 4.65. The van der Waals surface area contributed by atoms with Crippen molar-refractivity contribution in [3.8, 4) is 0 Å². The van der Waals surface area contributed by atoms with Crippen molar-refractivity contribution < 1.29 is 22.7 Å². The summed E-state index contributed by atoms with van der Waals surface area (Å²) in [6.45, 7) is 1.63. The molecule has 1 amide bonds. The molecule has 0 saturated carbocycles. The molecule has 0 bridgehead atoms. The second kappa shape index (κ2) is 9.69. The first-order valence-electron chi connectivity index (χ1n) is 9.00. The van der Waals surface area contributed by atoms with Crippen molar-refractivity contribution in [3.05, 3.63) is 28.8 Å².